The van der Waals surface area contributed by atoms with Gasteiger partial charge in [0.25, 0.3) is 0 Å². The van der Waals surface area contributed by atoms with Crippen molar-refractivity contribution in [1.82, 2.24) is 0 Å². The van der Waals surface area contributed by atoms with Crippen molar-refractivity contribution in [2.24, 2.45) is 0 Å². The summed E-state index contributed by atoms with van der Waals surface area (Å²) in [6.07, 6.45) is 66.3. The number of hydrogen-bond acceptors (Lipinski definition) is 6. The molecule has 0 aromatic rings. The van der Waals surface area contributed by atoms with Crippen LogP contribution in [0.5, 0.6) is 0 Å². The number of allylic oxidation sites excluding steroid dienone is 10. The molecular weight excluding hydrogens is 805 g/mol. The largest absolute Gasteiger partial charge is 0.462 e. The van der Waals surface area contributed by atoms with E-state index in [4.69, 9.17) is 14.2 Å². The smallest absolute Gasteiger partial charge is 0.306 e. The summed E-state index contributed by atoms with van der Waals surface area (Å²) >= 11 is 0. The van der Waals surface area contributed by atoms with Crippen LogP contribution in [0.15, 0.2) is 60.8 Å². The van der Waals surface area contributed by atoms with Crippen LogP contribution in [0.2, 0.25) is 0 Å². The molecule has 0 saturated carbocycles. The summed E-state index contributed by atoms with van der Waals surface area (Å²) in [4.78, 5) is 38.1. The predicted octanol–water partition coefficient (Wildman–Crippen LogP) is 18.4. The zero-order valence-corrected chi connectivity index (χ0v) is 43.0. The van der Waals surface area contributed by atoms with Gasteiger partial charge in [0.05, 0.1) is 0 Å². The summed E-state index contributed by atoms with van der Waals surface area (Å²) in [6, 6.07) is 0. The minimum absolute atomic E-state index is 0.0842. The summed E-state index contributed by atoms with van der Waals surface area (Å²) in [7, 11) is 0. The summed E-state index contributed by atoms with van der Waals surface area (Å²) in [5, 5.41) is 0. The van der Waals surface area contributed by atoms with E-state index in [1.165, 1.54) is 135 Å². The van der Waals surface area contributed by atoms with Gasteiger partial charge >= 0.3 is 17.9 Å². The molecule has 0 amide bonds. The summed E-state index contributed by atoms with van der Waals surface area (Å²) < 4.78 is 16.8. The van der Waals surface area contributed by atoms with Crippen molar-refractivity contribution in [3.63, 3.8) is 0 Å². The van der Waals surface area contributed by atoms with Gasteiger partial charge in [0.15, 0.2) is 6.10 Å². The van der Waals surface area contributed by atoms with Crippen LogP contribution >= 0.6 is 0 Å². The first-order valence-electron chi connectivity index (χ1n) is 27.8. The highest BCUT2D eigenvalue weighted by atomic mass is 16.6. The van der Waals surface area contributed by atoms with Crippen LogP contribution < -0.4 is 0 Å². The number of esters is 3. The quantitative estimate of drug-likeness (QED) is 0.0262. The number of carbonyl (C=O) groups excluding carboxylic acids is 3. The minimum Gasteiger partial charge on any atom is -0.462 e. The van der Waals surface area contributed by atoms with Gasteiger partial charge in [-0.15, -0.1) is 0 Å². The maximum absolute atomic E-state index is 12.8. The van der Waals surface area contributed by atoms with Gasteiger partial charge in [-0.2, -0.15) is 0 Å². The maximum Gasteiger partial charge on any atom is 0.306 e. The fourth-order valence-electron chi connectivity index (χ4n) is 7.80. The van der Waals surface area contributed by atoms with Gasteiger partial charge in [-0.25, -0.2) is 0 Å². The lowest BCUT2D eigenvalue weighted by Crippen LogP contribution is -2.30. The highest BCUT2D eigenvalue weighted by molar-refractivity contribution is 5.71. The Balaban J connectivity index is 4.37. The van der Waals surface area contributed by atoms with E-state index in [9.17, 15) is 14.4 Å². The number of unbranched alkanes of at least 4 members (excludes halogenated alkanes) is 29. The molecular formula is C59H104O6. The number of rotatable bonds is 50. The third-order valence-corrected chi connectivity index (χ3v) is 12.0. The maximum atomic E-state index is 12.8. The molecule has 0 heterocycles. The number of hydrogen-bond donors (Lipinski definition) is 0. The van der Waals surface area contributed by atoms with Gasteiger partial charge in [-0.1, -0.05) is 216 Å². The first-order chi connectivity index (χ1) is 32.0. The lowest BCUT2D eigenvalue weighted by molar-refractivity contribution is -0.167. The van der Waals surface area contributed by atoms with Crippen molar-refractivity contribution in [2.45, 2.75) is 284 Å². The topological polar surface area (TPSA) is 78.9 Å². The Kier molecular flexibility index (Phi) is 51.3. The van der Waals surface area contributed by atoms with E-state index in [0.717, 1.165) is 103 Å². The van der Waals surface area contributed by atoms with E-state index in [2.05, 4.69) is 81.5 Å². The van der Waals surface area contributed by atoms with E-state index in [0.29, 0.717) is 19.3 Å². The van der Waals surface area contributed by atoms with Crippen molar-refractivity contribution in [3.05, 3.63) is 60.8 Å². The Hall–Kier alpha value is -2.89. The van der Waals surface area contributed by atoms with Crippen molar-refractivity contribution in [2.75, 3.05) is 13.2 Å². The average Bonchev–Trinajstić information content (AvgIpc) is 3.30. The fraction of sp³-hybridized carbons (Fsp3) is 0.780. The van der Waals surface area contributed by atoms with Crippen LogP contribution in [0.4, 0.5) is 0 Å². The van der Waals surface area contributed by atoms with Crippen LogP contribution in [0.25, 0.3) is 0 Å². The summed E-state index contributed by atoms with van der Waals surface area (Å²) in [5.41, 5.74) is 0. The van der Waals surface area contributed by atoms with Crippen molar-refractivity contribution >= 4 is 17.9 Å². The monoisotopic (exact) mass is 909 g/mol. The molecule has 0 spiro atoms. The van der Waals surface area contributed by atoms with Gasteiger partial charge in [0, 0.05) is 19.3 Å². The Morgan fingerprint density at radius 1 is 0.323 bits per heavy atom. The molecule has 0 saturated heterocycles. The Bertz CT molecular complexity index is 1180. The normalized spacial score (nSPS) is 12.5. The van der Waals surface area contributed by atoms with E-state index in [1.54, 1.807) is 0 Å². The van der Waals surface area contributed by atoms with Crippen LogP contribution in [0, 0.1) is 0 Å². The standard InChI is InChI=1S/C59H104O6/c1-4-7-10-13-16-19-22-25-27-28-29-30-32-34-37-40-43-46-49-52-58(61)64-55-56(54-63-57(60)51-48-45-42-39-36-33-24-21-18-15-12-9-6-3)65-59(62)53-50-47-44-41-38-35-31-26-23-20-17-14-11-8-5-2/h8,11,17,20-21,24-27,31,56H,4-7,9-10,12-16,18-19,22-23,28-30,32-55H2,1-3H3/b11-8-,20-17-,24-21-,27-25-,31-26-. The summed E-state index contributed by atoms with van der Waals surface area (Å²) in [6.45, 7) is 6.50. The third kappa shape index (κ3) is 51.9. The Morgan fingerprint density at radius 3 is 0.969 bits per heavy atom. The van der Waals surface area contributed by atoms with Gasteiger partial charge in [-0.05, 0) is 103 Å². The highest BCUT2D eigenvalue weighted by Gasteiger charge is 2.19. The van der Waals surface area contributed by atoms with Gasteiger partial charge < -0.3 is 14.2 Å². The molecule has 0 bridgehead atoms. The number of carbonyl (C=O) groups is 3. The van der Waals surface area contributed by atoms with E-state index >= 15 is 0 Å². The third-order valence-electron chi connectivity index (χ3n) is 12.0. The van der Waals surface area contributed by atoms with E-state index < -0.39 is 6.10 Å². The van der Waals surface area contributed by atoms with Gasteiger partial charge in [0.1, 0.15) is 13.2 Å². The molecule has 0 aromatic carbocycles. The van der Waals surface area contributed by atoms with E-state index in [-0.39, 0.29) is 31.1 Å². The Labute approximate surface area is 402 Å². The molecule has 1 atom stereocenters. The zero-order chi connectivity index (χ0) is 47.2. The molecule has 0 aromatic heterocycles. The average molecular weight is 909 g/mol. The fourth-order valence-corrected chi connectivity index (χ4v) is 7.80. The van der Waals surface area contributed by atoms with E-state index in [1.807, 2.05) is 0 Å². The van der Waals surface area contributed by atoms with Crippen LogP contribution in [-0.2, 0) is 28.6 Å². The van der Waals surface area contributed by atoms with Crippen molar-refractivity contribution in [3.8, 4) is 0 Å². The lowest BCUT2D eigenvalue weighted by atomic mass is 10.1. The second-order valence-corrected chi connectivity index (χ2v) is 18.5. The van der Waals surface area contributed by atoms with Crippen molar-refractivity contribution in [1.29, 1.82) is 0 Å². The molecule has 0 rings (SSSR count). The first-order valence-corrected chi connectivity index (χ1v) is 27.8. The van der Waals surface area contributed by atoms with Crippen molar-refractivity contribution < 1.29 is 28.6 Å². The van der Waals surface area contributed by atoms with Crippen LogP contribution in [-0.4, -0.2) is 37.2 Å². The van der Waals surface area contributed by atoms with Gasteiger partial charge in [-0.3, -0.25) is 14.4 Å². The molecule has 376 valence electrons. The molecule has 1 unspecified atom stereocenters. The highest BCUT2D eigenvalue weighted by Crippen LogP contribution is 2.15. The molecule has 6 heteroatoms. The molecule has 0 aliphatic heterocycles. The molecule has 0 radical (unpaired) electrons. The van der Waals surface area contributed by atoms with Crippen LogP contribution in [0.1, 0.15) is 278 Å². The molecule has 65 heavy (non-hydrogen) atoms. The summed E-state index contributed by atoms with van der Waals surface area (Å²) in [5.74, 6) is -0.905. The SMILES string of the molecule is CC/C=C\C/C=C\C/C=C\CCCCCCCC(=O)OC(COC(=O)CCCCCCC/C=C\CCCCCC)COC(=O)CCCCCCCCCCC/C=C\CCCCCCCC. The van der Waals surface area contributed by atoms with Gasteiger partial charge in [0.2, 0.25) is 0 Å². The molecule has 6 nitrogen and oxygen atoms in total. The molecule has 0 aliphatic rings. The minimum atomic E-state index is -0.786. The second kappa shape index (κ2) is 53.7. The number of ether oxygens (including phenoxy) is 3. The first kappa shape index (κ1) is 62.1. The molecule has 0 N–H and O–H groups in total. The second-order valence-electron chi connectivity index (χ2n) is 18.5. The predicted molar refractivity (Wildman–Crippen MR) is 279 cm³/mol. The Morgan fingerprint density at radius 2 is 0.600 bits per heavy atom. The zero-order valence-electron chi connectivity index (χ0n) is 43.0. The molecule has 0 fully saturated rings. The lowest BCUT2D eigenvalue weighted by Gasteiger charge is -2.18. The van der Waals surface area contributed by atoms with Crippen LogP contribution in [0.3, 0.4) is 0 Å². The molecule has 0 aliphatic carbocycles.